The Morgan fingerprint density at radius 2 is 1.80 bits per heavy atom. The highest BCUT2D eigenvalue weighted by molar-refractivity contribution is 6.00. The molecule has 1 heterocycles. The van der Waals surface area contributed by atoms with Crippen LogP contribution < -0.4 is 10.6 Å². The molecule has 1 aromatic carbocycles. The molecule has 1 aliphatic heterocycles. The zero-order chi connectivity index (χ0) is 11.0. The van der Waals surface area contributed by atoms with E-state index in [1.54, 1.807) is 4.90 Å². The Morgan fingerprint density at radius 3 is 2.27 bits per heavy atom. The normalized spacial score (nSPS) is 31.0. The van der Waals surface area contributed by atoms with Gasteiger partial charge >= 0.3 is 0 Å². The number of hydrogen-bond acceptors (Lipinski definition) is 2. The van der Waals surface area contributed by atoms with Crippen LogP contribution in [0.5, 0.6) is 0 Å². The zero-order valence-corrected chi connectivity index (χ0v) is 9.05. The number of para-hydroxylation sites is 1. The number of rotatable bonds is 1. The van der Waals surface area contributed by atoms with E-state index >= 15 is 0 Å². The van der Waals surface area contributed by atoms with Crippen molar-refractivity contribution >= 4 is 11.6 Å². The molecule has 3 unspecified atom stereocenters. The standard InChI is InChI=1S/C12H16N2O/c1-8-9(2)14(12(15)11(8)13)10-6-4-3-5-7-10/h3-9,11H,13H2,1-2H3. The summed E-state index contributed by atoms with van der Waals surface area (Å²) in [4.78, 5) is 13.7. The molecule has 2 N–H and O–H groups in total. The van der Waals surface area contributed by atoms with E-state index in [0.717, 1.165) is 5.69 Å². The topological polar surface area (TPSA) is 46.3 Å². The maximum atomic E-state index is 11.9. The summed E-state index contributed by atoms with van der Waals surface area (Å²) in [5.41, 5.74) is 6.79. The molecule has 0 saturated carbocycles. The lowest BCUT2D eigenvalue weighted by Gasteiger charge is -2.23. The molecule has 1 aromatic rings. The lowest BCUT2D eigenvalue weighted by Crippen LogP contribution is -2.36. The quantitative estimate of drug-likeness (QED) is 0.751. The summed E-state index contributed by atoms with van der Waals surface area (Å²) in [6.07, 6.45) is 0. The minimum atomic E-state index is -0.361. The van der Waals surface area contributed by atoms with Crippen molar-refractivity contribution in [1.29, 1.82) is 0 Å². The molecule has 80 valence electrons. The van der Waals surface area contributed by atoms with E-state index in [1.165, 1.54) is 0 Å². The number of hydrogen-bond donors (Lipinski definition) is 1. The van der Waals surface area contributed by atoms with Crippen LogP contribution in [-0.2, 0) is 4.79 Å². The minimum absolute atomic E-state index is 0.0289. The monoisotopic (exact) mass is 204 g/mol. The molecule has 15 heavy (non-hydrogen) atoms. The van der Waals surface area contributed by atoms with Crippen molar-refractivity contribution < 1.29 is 4.79 Å². The van der Waals surface area contributed by atoms with Crippen LogP contribution in [0.15, 0.2) is 30.3 Å². The summed E-state index contributed by atoms with van der Waals surface area (Å²) in [7, 11) is 0. The molecule has 0 aliphatic carbocycles. The first-order valence-corrected chi connectivity index (χ1v) is 5.26. The van der Waals surface area contributed by atoms with Crippen molar-refractivity contribution in [2.75, 3.05) is 4.90 Å². The molecular formula is C12H16N2O. The highest BCUT2D eigenvalue weighted by atomic mass is 16.2. The molecule has 1 amide bonds. The average molecular weight is 204 g/mol. The first kappa shape index (κ1) is 10.2. The maximum Gasteiger partial charge on any atom is 0.244 e. The summed E-state index contributed by atoms with van der Waals surface area (Å²) in [5.74, 6) is 0.235. The van der Waals surface area contributed by atoms with Gasteiger partial charge in [0.2, 0.25) is 5.91 Å². The number of nitrogens with zero attached hydrogens (tertiary/aromatic N) is 1. The molecule has 3 atom stereocenters. The predicted molar refractivity (Wildman–Crippen MR) is 60.5 cm³/mol. The van der Waals surface area contributed by atoms with Gasteiger partial charge in [0.05, 0.1) is 6.04 Å². The second kappa shape index (κ2) is 3.66. The molecule has 0 bridgehead atoms. The predicted octanol–water partition coefficient (Wildman–Crippen LogP) is 1.39. The Labute approximate surface area is 89.9 Å². The van der Waals surface area contributed by atoms with Crippen molar-refractivity contribution in [3.05, 3.63) is 30.3 Å². The molecule has 0 spiro atoms. The molecule has 2 rings (SSSR count). The largest absolute Gasteiger partial charge is 0.320 e. The molecule has 1 saturated heterocycles. The third-order valence-electron chi connectivity index (χ3n) is 3.29. The lowest BCUT2D eigenvalue weighted by molar-refractivity contribution is -0.118. The second-order valence-electron chi connectivity index (χ2n) is 4.17. The summed E-state index contributed by atoms with van der Waals surface area (Å²) in [5, 5.41) is 0. The van der Waals surface area contributed by atoms with Crippen molar-refractivity contribution in [2.24, 2.45) is 11.7 Å². The van der Waals surface area contributed by atoms with Crippen LogP contribution in [0.3, 0.4) is 0 Å². The van der Waals surface area contributed by atoms with Crippen LogP contribution in [0.1, 0.15) is 13.8 Å². The van der Waals surface area contributed by atoms with E-state index in [2.05, 4.69) is 0 Å². The number of anilines is 1. The molecule has 0 radical (unpaired) electrons. The van der Waals surface area contributed by atoms with Gasteiger partial charge in [0.1, 0.15) is 0 Å². The van der Waals surface area contributed by atoms with Crippen LogP contribution in [-0.4, -0.2) is 18.0 Å². The van der Waals surface area contributed by atoms with Crippen LogP contribution in [0.2, 0.25) is 0 Å². The van der Waals surface area contributed by atoms with Crippen LogP contribution in [0.25, 0.3) is 0 Å². The third kappa shape index (κ3) is 1.53. The number of benzene rings is 1. The number of carbonyl (C=O) groups is 1. The van der Waals surface area contributed by atoms with Crippen molar-refractivity contribution in [2.45, 2.75) is 25.9 Å². The molecule has 1 aliphatic rings. The SMILES string of the molecule is CC1C(N)C(=O)N(c2ccccc2)C1C. The molecular weight excluding hydrogens is 188 g/mol. The fraction of sp³-hybridized carbons (Fsp3) is 0.417. The summed E-state index contributed by atoms with van der Waals surface area (Å²) >= 11 is 0. The first-order valence-electron chi connectivity index (χ1n) is 5.26. The van der Waals surface area contributed by atoms with Gasteiger partial charge in [0.25, 0.3) is 0 Å². The zero-order valence-electron chi connectivity index (χ0n) is 9.05. The Bertz CT molecular complexity index is 363. The van der Waals surface area contributed by atoms with E-state index in [0.29, 0.717) is 0 Å². The van der Waals surface area contributed by atoms with Crippen LogP contribution in [0, 0.1) is 5.92 Å². The Kier molecular flexibility index (Phi) is 2.49. The molecule has 0 aromatic heterocycles. The fourth-order valence-corrected chi connectivity index (χ4v) is 2.07. The van der Waals surface area contributed by atoms with Gasteiger partial charge in [-0.2, -0.15) is 0 Å². The molecule has 3 nitrogen and oxygen atoms in total. The van der Waals surface area contributed by atoms with Crippen molar-refractivity contribution in [1.82, 2.24) is 0 Å². The molecule has 1 fully saturated rings. The summed E-state index contributed by atoms with van der Waals surface area (Å²) in [6, 6.07) is 9.51. The Hall–Kier alpha value is -1.35. The number of nitrogens with two attached hydrogens (primary N) is 1. The third-order valence-corrected chi connectivity index (χ3v) is 3.29. The van der Waals surface area contributed by atoms with Crippen LogP contribution in [0.4, 0.5) is 5.69 Å². The van der Waals surface area contributed by atoms with E-state index in [4.69, 9.17) is 5.73 Å². The summed E-state index contributed by atoms with van der Waals surface area (Å²) in [6.45, 7) is 4.07. The van der Waals surface area contributed by atoms with Gasteiger partial charge in [-0.3, -0.25) is 4.79 Å². The van der Waals surface area contributed by atoms with E-state index < -0.39 is 0 Å². The van der Waals surface area contributed by atoms with Gasteiger partial charge in [0, 0.05) is 17.6 Å². The van der Waals surface area contributed by atoms with Gasteiger partial charge < -0.3 is 10.6 Å². The first-order chi connectivity index (χ1) is 7.13. The summed E-state index contributed by atoms with van der Waals surface area (Å²) < 4.78 is 0. The van der Waals surface area contributed by atoms with Gasteiger partial charge in [-0.25, -0.2) is 0 Å². The second-order valence-corrected chi connectivity index (χ2v) is 4.17. The molecule has 3 heteroatoms. The van der Waals surface area contributed by atoms with E-state index in [9.17, 15) is 4.79 Å². The highest BCUT2D eigenvalue weighted by Crippen LogP contribution is 2.29. The lowest BCUT2D eigenvalue weighted by atomic mass is 10.0. The number of carbonyl (C=O) groups excluding carboxylic acids is 1. The van der Waals surface area contributed by atoms with Gasteiger partial charge in [-0.15, -0.1) is 0 Å². The van der Waals surface area contributed by atoms with Crippen molar-refractivity contribution in [3.63, 3.8) is 0 Å². The minimum Gasteiger partial charge on any atom is -0.320 e. The number of amides is 1. The van der Waals surface area contributed by atoms with E-state index in [1.807, 2.05) is 44.2 Å². The fourth-order valence-electron chi connectivity index (χ4n) is 2.07. The highest BCUT2D eigenvalue weighted by Gasteiger charge is 2.41. The average Bonchev–Trinajstić information content (AvgIpc) is 2.45. The van der Waals surface area contributed by atoms with E-state index in [-0.39, 0.29) is 23.9 Å². The Morgan fingerprint density at radius 1 is 1.20 bits per heavy atom. The van der Waals surface area contributed by atoms with Gasteiger partial charge in [-0.05, 0) is 19.1 Å². The van der Waals surface area contributed by atoms with Crippen LogP contribution >= 0.6 is 0 Å². The van der Waals surface area contributed by atoms with Gasteiger partial charge in [0.15, 0.2) is 0 Å². The van der Waals surface area contributed by atoms with Crippen molar-refractivity contribution in [3.8, 4) is 0 Å². The smallest absolute Gasteiger partial charge is 0.244 e. The maximum absolute atomic E-state index is 11.9. The van der Waals surface area contributed by atoms with Gasteiger partial charge in [-0.1, -0.05) is 25.1 Å². The Balaban J connectivity index is 2.35.